The second kappa shape index (κ2) is 24.8. The quantitative estimate of drug-likeness (QED) is 0.0848. The number of carbonyl (C=O) groups is 3. The van der Waals surface area contributed by atoms with Gasteiger partial charge in [0.05, 0.1) is 41.4 Å². The Labute approximate surface area is 478 Å². The lowest BCUT2D eigenvalue weighted by Crippen LogP contribution is -2.55. The molecule has 0 saturated carbocycles. The standard InChI is InChI=1S/C59H67ClF3N13O6/c1-4-51(79)75-28-27-74(34-42(75)15-19-64)53-43-18-22-73(48-10-6-8-39-7-5-9-46(60)52(39)48)35-47(43)66-58(67-53)82-30-29-70-23-25-72(26-24-70)57(81)40-16-20-71(21-17-40)33-38-11-13-41(14-12-38)76-54(45-31-44(37(2)3)49(77)32-50(45)78)68-69-55(76)56(80)65-36-59(61,62)63/h5-14,31-32,37,40,42,77-78H,4,15-18,20-30,33-36H2,1-3H3,(H,65,80). The van der Waals surface area contributed by atoms with Gasteiger partial charge in [-0.3, -0.25) is 28.8 Å². The largest absolute Gasteiger partial charge is 0.508 e. The van der Waals surface area contributed by atoms with Gasteiger partial charge in [-0.05, 0) is 85.1 Å². The van der Waals surface area contributed by atoms with Crippen LogP contribution in [0.15, 0.2) is 72.8 Å². The molecule has 3 amide bonds. The number of nitriles is 1. The van der Waals surface area contributed by atoms with E-state index in [0.717, 1.165) is 51.7 Å². The van der Waals surface area contributed by atoms with E-state index in [2.05, 4.69) is 54.1 Å². The topological polar surface area (TPSA) is 213 Å². The zero-order valence-corrected chi connectivity index (χ0v) is 47.0. The Morgan fingerprint density at radius 3 is 2.33 bits per heavy atom. The number of phenols is 2. The van der Waals surface area contributed by atoms with Crippen molar-refractivity contribution in [3.8, 4) is 40.7 Å². The number of alkyl halides is 3. The van der Waals surface area contributed by atoms with Crippen LogP contribution in [0.4, 0.5) is 24.7 Å². The lowest BCUT2D eigenvalue weighted by atomic mass is 9.94. The van der Waals surface area contributed by atoms with Crippen LogP contribution in [-0.4, -0.2) is 170 Å². The first-order valence-electron chi connectivity index (χ1n) is 28.0. The first-order valence-corrected chi connectivity index (χ1v) is 28.4. The number of nitrogens with one attached hydrogen (secondary N) is 1. The number of ether oxygens (including phenoxy) is 1. The molecule has 6 aromatic rings. The van der Waals surface area contributed by atoms with Gasteiger partial charge in [-0.15, -0.1) is 10.2 Å². The molecule has 1 unspecified atom stereocenters. The maximum absolute atomic E-state index is 13.9. The zero-order chi connectivity index (χ0) is 57.8. The summed E-state index contributed by atoms with van der Waals surface area (Å²) in [6, 6.07) is 24.2. The molecule has 4 aliphatic heterocycles. The molecule has 2 aromatic heterocycles. The number of piperazine rings is 2. The van der Waals surface area contributed by atoms with Crippen LogP contribution < -0.4 is 19.9 Å². The van der Waals surface area contributed by atoms with Crippen molar-refractivity contribution in [2.75, 3.05) is 94.9 Å². The van der Waals surface area contributed by atoms with Gasteiger partial charge in [-0.2, -0.15) is 28.4 Å². The highest BCUT2D eigenvalue weighted by Gasteiger charge is 2.36. The van der Waals surface area contributed by atoms with Gasteiger partial charge in [0, 0.05) is 106 Å². The molecule has 0 radical (unpaired) electrons. The van der Waals surface area contributed by atoms with Crippen LogP contribution >= 0.6 is 11.6 Å². The van der Waals surface area contributed by atoms with Gasteiger partial charge in [-0.1, -0.05) is 68.8 Å². The van der Waals surface area contributed by atoms with Gasteiger partial charge in [0.25, 0.3) is 5.91 Å². The Morgan fingerprint density at radius 2 is 1.62 bits per heavy atom. The summed E-state index contributed by atoms with van der Waals surface area (Å²) in [7, 11) is 0. The van der Waals surface area contributed by atoms with Crippen LogP contribution in [0, 0.1) is 17.2 Å². The van der Waals surface area contributed by atoms with Crippen molar-refractivity contribution in [2.24, 2.45) is 5.92 Å². The monoisotopic (exact) mass is 1150 g/mol. The summed E-state index contributed by atoms with van der Waals surface area (Å²) in [5.74, 6) is -1.33. The van der Waals surface area contributed by atoms with E-state index >= 15 is 0 Å². The summed E-state index contributed by atoms with van der Waals surface area (Å²) in [5.41, 5.74) is 4.83. The fourth-order valence-corrected chi connectivity index (χ4v) is 12.0. The number of halogens is 4. The van der Waals surface area contributed by atoms with Crippen LogP contribution in [0.1, 0.15) is 85.4 Å². The highest BCUT2D eigenvalue weighted by atomic mass is 35.5. The minimum Gasteiger partial charge on any atom is -0.508 e. The van der Waals surface area contributed by atoms with Crippen molar-refractivity contribution in [3.05, 3.63) is 106 Å². The van der Waals surface area contributed by atoms with E-state index in [1.807, 2.05) is 66.2 Å². The molecule has 10 rings (SSSR count). The van der Waals surface area contributed by atoms with Crippen molar-refractivity contribution >= 4 is 51.6 Å². The molecule has 19 nitrogen and oxygen atoms in total. The van der Waals surface area contributed by atoms with Gasteiger partial charge in [0.1, 0.15) is 30.5 Å². The van der Waals surface area contributed by atoms with Gasteiger partial charge in [-0.25, -0.2) is 0 Å². The fraction of sp³-hybridized carbons (Fsp3) is 0.458. The van der Waals surface area contributed by atoms with Gasteiger partial charge in [0.15, 0.2) is 5.82 Å². The third kappa shape index (κ3) is 12.7. The summed E-state index contributed by atoms with van der Waals surface area (Å²) < 4.78 is 47.1. The summed E-state index contributed by atoms with van der Waals surface area (Å²) in [5, 5.41) is 43.8. The number of likely N-dealkylation sites (tertiary alicyclic amines) is 1. The number of benzene rings is 4. The maximum Gasteiger partial charge on any atom is 0.405 e. The summed E-state index contributed by atoms with van der Waals surface area (Å²) >= 11 is 6.80. The van der Waals surface area contributed by atoms with E-state index in [1.165, 1.54) is 10.6 Å². The molecular weight excluding hydrogens is 1080 g/mol. The van der Waals surface area contributed by atoms with E-state index < -0.39 is 24.5 Å². The molecule has 0 bridgehead atoms. The van der Waals surface area contributed by atoms with Crippen molar-refractivity contribution < 1.29 is 42.5 Å². The first kappa shape index (κ1) is 57.5. The second-order valence-corrected chi connectivity index (χ2v) is 22.1. The molecule has 4 aliphatic rings. The molecule has 4 aromatic carbocycles. The fourth-order valence-electron chi connectivity index (χ4n) is 11.7. The number of fused-ring (bicyclic) bond motifs is 2. The van der Waals surface area contributed by atoms with Crippen molar-refractivity contribution in [3.63, 3.8) is 0 Å². The number of aromatic hydroxyl groups is 2. The molecule has 82 heavy (non-hydrogen) atoms. The maximum atomic E-state index is 13.9. The Bertz CT molecular complexity index is 3350. The molecule has 3 fully saturated rings. The van der Waals surface area contributed by atoms with E-state index in [9.17, 15) is 43.0 Å². The van der Waals surface area contributed by atoms with Gasteiger partial charge in [0.2, 0.25) is 17.6 Å². The molecule has 0 aliphatic carbocycles. The van der Waals surface area contributed by atoms with Gasteiger partial charge < -0.3 is 39.9 Å². The van der Waals surface area contributed by atoms with Crippen LogP contribution in [0.2, 0.25) is 5.02 Å². The summed E-state index contributed by atoms with van der Waals surface area (Å²) in [6.45, 7) is 12.2. The molecule has 3 N–H and O–H groups in total. The molecule has 1 atom stereocenters. The number of phenolic OH excluding ortho intramolecular Hbond substituents is 2. The van der Waals surface area contributed by atoms with Crippen molar-refractivity contribution in [1.82, 2.24) is 49.6 Å². The van der Waals surface area contributed by atoms with E-state index in [1.54, 1.807) is 12.1 Å². The predicted octanol–water partition coefficient (Wildman–Crippen LogP) is 7.70. The van der Waals surface area contributed by atoms with Crippen molar-refractivity contribution in [1.29, 1.82) is 5.26 Å². The lowest BCUT2D eigenvalue weighted by Gasteiger charge is -2.42. The number of amides is 3. The number of anilines is 2. The number of hydrogen-bond acceptors (Lipinski definition) is 15. The highest BCUT2D eigenvalue weighted by molar-refractivity contribution is 6.36. The number of hydrogen-bond donors (Lipinski definition) is 3. The molecule has 3 saturated heterocycles. The normalized spacial score (nSPS) is 17.5. The first-order chi connectivity index (χ1) is 39.5. The smallest absolute Gasteiger partial charge is 0.405 e. The Morgan fingerprint density at radius 1 is 0.878 bits per heavy atom. The van der Waals surface area contributed by atoms with Crippen molar-refractivity contribution in [2.45, 2.75) is 84.1 Å². The lowest BCUT2D eigenvalue weighted by molar-refractivity contribution is -0.139. The number of piperidine rings is 1. The van der Waals surface area contributed by atoms with Gasteiger partial charge >= 0.3 is 12.2 Å². The number of aromatic nitrogens is 5. The molecule has 23 heteroatoms. The third-order valence-electron chi connectivity index (χ3n) is 16.1. The average Bonchev–Trinajstić information content (AvgIpc) is 3.61. The Hall–Kier alpha value is -7.74. The zero-order valence-electron chi connectivity index (χ0n) is 46.2. The SMILES string of the molecule is CCC(=O)N1CCN(c2nc(OCCN3CCN(C(=O)C4CCN(Cc5ccc(-n6c(C(=O)NCC(F)(F)F)nnc6-c6cc(C(C)C)c(O)cc6O)cc5)CC4)CC3)nc3c2CCN(c2cccc4cccc(Cl)c24)C3)CC1CC#N. The van der Waals surface area contributed by atoms with Crippen LogP contribution in [0.5, 0.6) is 17.5 Å². The Balaban J connectivity index is 0.743. The molecule has 0 spiro atoms. The molecule has 432 valence electrons. The van der Waals surface area contributed by atoms with E-state index in [0.29, 0.717) is 127 Å². The second-order valence-electron chi connectivity index (χ2n) is 21.7. The average molecular weight is 1150 g/mol. The highest BCUT2D eigenvalue weighted by Crippen LogP contribution is 2.40. The van der Waals surface area contributed by atoms with E-state index in [4.69, 9.17) is 26.3 Å². The summed E-state index contributed by atoms with van der Waals surface area (Å²) in [6.07, 6.45) is -2.00. The predicted molar refractivity (Wildman–Crippen MR) is 303 cm³/mol. The Kier molecular flexibility index (Phi) is 17.4. The summed E-state index contributed by atoms with van der Waals surface area (Å²) in [4.78, 5) is 62.9. The van der Waals surface area contributed by atoms with Crippen LogP contribution in [0.3, 0.4) is 0 Å². The van der Waals surface area contributed by atoms with Crippen LogP contribution in [-0.2, 0) is 29.1 Å². The minimum atomic E-state index is -4.67. The van der Waals surface area contributed by atoms with Crippen LogP contribution in [0.25, 0.3) is 27.8 Å². The minimum absolute atomic E-state index is 0.00304. The van der Waals surface area contributed by atoms with E-state index in [-0.39, 0.29) is 65.0 Å². The third-order valence-corrected chi connectivity index (χ3v) is 16.4. The number of carbonyl (C=O) groups excluding carboxylic acids is 3. The number of nitrogens with zero attached hydrogens (tertiary/aromatic N) is 12. The molecular formula is C59H67ClF3N13O6. The number of rotatable bonds is 16. The molecule has 6 heterocycles.